The summed E-state index contributed by atoms with van der Waals surface area (Å²) in [4.78, 5) is 7.48. The number of hydrogen-bond acceptors (Lipinski definition) is 2. The highest BCUT2D eigenvalue weighted by Crippen LogP contribution is 2.44. The van der Waals surface area contributed by atoms with Gasteiger partial charge < -0.3 is 4.90 Å². The van der Waals surface area contributed by atoms with Gasteiger partial charge in [-0.25, -0.2) is 4.98 Å². The first-order chi connectivity index (χ1) is 21.1. The summed E-state index contributed by atoms with van der Waals surface area (Å²) < 4.78 is 4.79. The van der Waals surface area contributed by atoms with Crippen LogP contribution < -0.4 is 9.47 Å². The van der Waals surface area contributed by atoms with Gasteiger partial charge in [0.15, 0.2) is 0 Å². The van der Waals surface area contributed by atoms with Crippen molar-refractivity contribution in [1.82, 2.24) is 4.98 Å². The predicted octanol–water partition coefficient (Wildman–Crippen LogP) is 9.84. The topological polar surface area (TPSA) is 20.0 Å². The zero-order valence-corrected chi connectivity index (χ0v) is 27.5. The number of fused-ring (bicyclic) bond motifs is 4. The number of halogens is 2. The summed E-state index contributed by atoms with van der Waals surface area (Å²) in [7, 11) is 0. The molecule has 2 heterocycles. The smallest absolute Gasteiger partial charge is 0.238 e. The third-order valence-electron chi connectivity index (χ3n) is 8.20. The lowest BCUT2D eigenvalue weighted by Crippen LogP contribution is -2.33. The molecule has 206 valence electrons. The molecule has 0 saturated carbocycles. The molecular formula is C38H26I2N3+. The number of hydrogen-bond donors (Lipinski definition) is 0. The van der Waals surface area contributed by atoms with Crippen molar-refractivity contribution in [1.29, 1.82) is 0 Å². The van der Waals surface area contributed by atoms with Crippen LogP contribution in [-0.4, -0.2) is 4.98 Å². The van der Waals surface area contributed by atoms with E-state index in [0.29, 0.717) is 0 Å². The highest BCUT2D eigenvalue weighted by atomic mass is 127. The van der Waals surface area contributed by atoms with Crippen LogP contribution in [0.3, 0.4) is 0 Å². The van der Waals surface area contributed by atoms with Crippen LogP contribution in [0.4, 0.5) is 17.1 Å². The molecule has 1 aliphatic heterocycles. The van der Waals surface area contributed by atoms with E-state index in [4.69, 9.17) is 4.98 Å². The monoisotopic (exact) mass is 778 g/mol. The first kappa shape index (κ1) is 26.8. The normalized spacial score (nSPS) is 12.4. The van der Waals surface area contributed by atoms with Crippen molar-refractivity contribution < 1.29 is 4.57 Å². The minimum atomic E-state index is 0.837. The number of nitrogens with zero attached hydrogens (tertiary/aromatic N) is 3. The van der Waals surface area contributed by atoms with Crippen molar-refractivity contribution in [2.75, 3.05) is 4.90 Å². The number of aromatic nitrogens is 2. The Labute approximate surface area is 278 Å². The van der Waals surface area contributed by atoms with E-state index in [1.165, 1.54) is 46.5 Å². The lowest BCUT2D eigenvalue weighted by atomic mass is 9.92. The highest BCUT2D eigenvalue weighted by molar-refractivity contribution is 14.1. The summed E-state index contributed by atoms with van der Waals surface area (Å²) in [6, 6.07) is 48.4. The van der Waals surface area contributed by atoms with E-state index in [2.05, 4.69) is 188 Å². The number of anilines is 3. The van der Waals surface area contributed by atoms with Gasteiger partial charge in [-0.3, -0.25) is 0 Å². The Hall–Kier alpha value is -3.82. The standard InChI is InChI=1S/C38H26I2N3/c39-29-15-14-28-22-27-13-11-25(20-35(27)42(36(28)23-29)31-7-3-1-4-8-31)19-26-12-17-33-37(21-26)43(32-9-5-2-6-10-32)38-24-30(40)16-18-34(38)41-33/h1-18,20-21,23-24H,19,22H2/q+1. The van der Waals surface area contributed by atoms with Gasteiger partial charge in [0.1, 0.15) is 11.0 Å². The van der Waals surface area contributed by atoms with Crippen LogP contribution in [0.5, 0.6) is 0 Å². The first-order valence-corrected chi connectivity index (χ1v) is 16.5. The summed E-state index contributed by atoms with van der Waals surface area (Å²) in [5.74, 6) is 0. The van der Waals surface area contributed by atoms with Gasteiger partial charge in [0.25, 0.3) is 0 Å². The average Bonchev–Trinajstić information content (AvgIpc) is 3.03. The van der Waals surface area contributed by atoms with Crippen molar-refractivity contribution in [3.8, 4) is 5.69 Å². The second kappa shape index (κ2) is 11.0. The van der Waals surface area contributed by atoms with Crippen molar-refractivity contribution in [3.05, 3.63) is 163 Å². The van der Waals surface area contributed by atoms with Gasteiger partial charge in [-0.15, -0.1) is 4.57 Å². The molecule has 8 rings (SSSR count). The third kappa shape index (κ3) is 4.98. The molecule has 6 aromatic carbocycles. The Morgan fingerprint density at radius 2 is 1.16 bits per heavy atom. The summed E-state index contributed by atoms with van der Waals surface area (Å²) in [5.41, 5.74) is 14.3. The molecule has 7 aromatic rings. The minimum Gasteiger partial charge on any atom is -0.310 e. The largest absolute Gasteiger partial charge is 0.310 e. The van der Waals surface area contributed by atoms with E-state index in [0.717, 1.165) is 40.6 Å². The lowest BCUT2D eigenvalue weighted by Gasteiger charge is -2.34. The molecule has 0 fully saturated rings. The molecule has 0 radical (unpaired) electrons. The van der Waals surface area contributed by atoms with Crippen molar-refractivity contribution in [2.45, 2.75) is 12.8 Å². The van der Waals surface area contributed by atoms with Crippen LogP contribution in [-0.2, 0) is 12.8 Å². The van der Waals surface area contributed by atoms with Gasteiger partial charge in [0, 0.05) is 49.2 Å². The lowest BCUT2D eigenvalue weighted by molar-refractivity contribution is -0.538. The third-order valence-corrected chi connectivity index (χ3v) is 9.54. The molecule has 0 spiro atoms. The maximum Gasteiger partial charge on any atom is 0.238 e. The maximum absolute atomic E-state index is 5.05. The van der Waals surface area contributed by atoms with Gasteiger partial charge in [0.05, 0.1) is 5.69 Å². The molecule has 0 saturated heterocycles. The SMILES string of the molecule is Ic1ccc2c(c1)N(c1ccccc1)c1cc(Cc3ccc4nc5ccc(I)cc5[n+](-c5ccccc5)c4c3)ccc1C2. The van der Waals surface area contributed by atoms with E-state index >= 15 is 0 Å². The van der Waals surface area contributed by atoms with Crippen LogP contribution in [0.15, 0.2) is 133 Å². The zero-order valence-electron chi connectivity index (χ0n) is 23.2. The molecule has 0 atom stereocenters. The summed E-state index contributed by atoms with van der Waals surface area (Å²) in [6.07, 6.45) is 1.78. The molecule has 0 unspecified atom stereocenters. The highest BCUT2D eigenvalue weighted by Gasteiger charge is 2.25. The second-order valence-corrected chi connectivity index (χ2v) is 13.5. The van der Waals surface area contributed by atoms with E-state index in [1.54, 1.807) is 0 Å². The quantitative estimate of drug-likeness (QED) is 0.101. The summed E-state index contributed by atoms with van der Waals surface area (Å²) in [5, 5.41) is 0. The molecular weight excluding hydrogens is 752 g/mol. The van der Waals surface area contributed by atoms with E-state index in [1.807, 2.05) is 0 Å². The van der Waals surface area contributed by atoms with Gasteiger partial charge in [0.2, 0.25) is 16.7 Å². The Balaban J connectivity index is 1.25. The van der Waals surface area contributed by atoms with E-state index in [9.17, 15) is 0 Å². The van der Waals surface area contributed by atoms with Gasteiger partial charge in [-0.1, -0.05) is 60.7 Å². The second-order valence-electron chi connectivity index (χ2n) is 11.0. The minimum absolute atomic E-state index is 0.837. The Bertz CT molecular complexity index is 2160. The molecule has 5 heteroatoms. The number of para-hydroxylation sites is 2. The Kier molecular flexibility index (Phi) is 6.87. The van der Waals surface area contributed by atoms with Crippen molar-refractivity contribution in [3.63, 3.8) is 0 Å². The summed E-state index contributed by atoms with van der Waals surface area (Å²) in [6.45, 7) is 0. The molecule has 0 bridgehead atoms. The number of benzene rings is 6. The molecule has 1 aromatic heterocycles. The average molecular weight is 778 g/mol. The molecule has 0 N–H and O–H groups in total. The van der Waals surface area contributed by atoms with Gasteiger partial charge in [-0.05, 0) is 122 Å². The first-order valence-electron chi connectivity index (χ1n) is 14.4. The fourth-order valence-corrected chi connectivity index (χ4v) is 7.18. The van der Waals surface area contributed by atoms with E-state index in [-0.39, 0.29) is 0 Å². The maximum atomic E-state index is 5.05. The van der Waals surface area contributed by atoms with Crippen molar-refractivity contribution >= 4 is 84.3 Å². The fraction of sp³-hybridized carbons (Fsp3) is 0.0526. The molecule has 43 heavy (non-hydrogen) atoms. The Morgan fingerprint density at radius 1 is 0.581 bits per heavy atom. The van der Waals surface area contributed by atoms with Crippen molar-refractivity contribution in [2.24, 2.45) is 0 Å². The zero-order chi connectivity index (χ0) is 28.9. The molecule has 1 aliphatic rings. The van der Waals surface area contributed by atoms with Gasteiger partial charge >= 0.3 is 0 Å². The van der Waals surface area contributed by atoms with Crippen LogP contribution in [0.25, 0.3) is 27.8 Å². The number of rotatable bonds is 4. The van der Waals surface area contributed by atoms with E-state index < -0.39 is 0 Å². The van der Waals surface area contributed by atoms with Crippen LogP contribution in [0.1, 0.15) is 22.3 Å². The molecule has 0 aliphatic carbocycles. The fourth-order valence-electron chi connectivity index (χ4n) is 6.24. The predicted molar refractivity (Wildman–Crippen MR) is 193 cm³/mol. The van der Waals surface area contributed by atoms with Crippen LogP contribution in [0.2, 0.25) is 0 Å². The molecule has 0 amide bonds. The Morgan fingerprint density at radius 3 is 1.95 bits per heavy atom. The van der Waals surface area contributed by atoms with Gasteiger partial charge in [-0.2, -0.15) is 0 Å². The molecule has 3 nitrogen and oxygen atoms in total. The van der Waals surface area contributed by atoms with Crippen LogP contribution >= 0.6 is 45.2 Å². The van der Waals surface area contributed by atoms with Crippen LogP contribution in [0, 0.1) is 7.14 Å². The summed E-state index contributed by atoms with van der Waals surface area (Å²) >= 11 is 4.81.